The summed E-state index contributed by atoms with van der Waals surface area (Å²) in [5, 5.41) is 2.59. The van der Waals surface area contributed by atoms with Crippen molar-refractivity contribution in [2.45, 2.75) is 58.5 Å². The molecule has 100 valence electrons. The molecular weight excluding hydrogens is 250 g/mol. The highest BCUT2D eigenvalue weighted by Gasteiger charge is 2.39. The average molecular weight is 275 g/mol. The van der Waals surface area contributed by atoms with Crippen molar-refractivity contribution < 1.29 is 9.16 Å². The highest BCUT2D eigenvalue weighted by Crippen LogP contribution is 2.37. The molecule has 0 bridgehead atoms. The molecule has 0 N–H and O–H groups in total. The Morgan fingerprint density at radius 1 is 1.35 bits per heavy atom. The average Bonchev–Trinajstić information content (AvgIpc) is 2.16. The number of isothiocyanates is 1. The first-order valence-electron chi connectivity index (χ1n) is 6.07. The van der Waals surface area contributed by atoms with Gasteiger partial charge in [-0.05, 0) is 37.3 Å². The summed E-state index contributed by atoms with van der Waals surface area (Å²) in [5.41, 5.74) is 0. The van der Waals surface area contributed by atoms with Gasteiger partial charge in [-0.3, -0.25) is 0 Å². The molecule has 0 aromatic heterocycles. The van der Waals surface area contributed by atoms with Crippen LogP contribution in [0, 0.1) is 0 Å². The van der Waals surface area contributed by atoms with E-state index in [1.165, 1.54) is 0 Å². The van der Waals surface area contributed by atoms with Crippen molar-refractivity contribution in [1.82, 2.24) is 0 Å². The summed E-state index contributed by atoms with van der Waals surface area (Å²) < 4.78 is 11.5. The van der Waals surface area contributed by atoms with Crippen LogP contribution in [-0.4, -0.2) is 32.9 Å². The Labute approximate surface area is 112 Å². The molecule has 3 nitrogen and oxygen atoms in total. The topological polar surface area (TPSA) is 30.8 Å². The minimum Gasteiger partial charge on any atom is -0.395 e. The van der Waals surface area contributed by atoms with Gasteiger partial charge >= 0.3 is 0 Å². The van der Waals surface area contributed by atoms with E-state index >= 15 is 0 Å². The summed E-state index contributed by atoms with van der Waals surface area (Å²) in [6, 6.07) is 0. The van der Waals surface area contributed by atoms with Crippen molar-refractivity contribution in [3.8, 4) is 0 Å². The lowest BCUT2D eigenvalue weighted by Crippen LogP contribution is -2.43. The van der Waals surface area contributed by atoms with Crippen molar-refractivity contribution in [3.05, 3.63) is 0 Å². The fraction of sp³-hybridized carbons (Fsp3) is 0.917. The molecule has 0 heterocycles. The maximum Gasteiger partial charge on any atom is 0.194 e. The van der Waals surface area contributed by atoms with Gasteiger partial charge in [-0.25, -0.2) is 4.99 Å². The van der Waals surface area contributed by atoms with E-state index in [4.69, 9.17) is 9.16 Å². The summed E-state index contributed by atoms with van der Waals surface area (Å²) in [4.78, 5) is 4.09. The second-order valence-corrected chi connectivity index (χ2v) is 10.5. The van der Waals surface area contributed by atoms with Gasteiger partial charge in [-0.15, -0.1) is 0 Å². The molecule has 0 rings (SSSR count). The van der Waals surface area contributed by atoms with Crippen LogP contribution in [0.15, 0.2) is 4.99 Å². The number of thiocarbonyl (C=S) groups is 1. The molecule has 5 heteroatoms. The third kappa shape index (κ3) is 6.43. The van der Waals surface area contributed by atoms with Gasteiger partial charge in [-0.2, -0.15) is 0 Å². The predicted molar refractivity (Wildman–Crippen MR) is 78.2 cm³/mol. The molecule has 0 aromatic rings. The minimum atomic E-state index is -1.80. The molecule has 17 heavy (non-hydrogen) atoms. The maximum atomic E-state index is 6.15. The zero-order valence-corrected chi connectivity index (χ0v) is 13.7. The van der Waals surface area contributed by atoms with Gasteiger partial charge in [0.05, 0.1) is 11.8 Å². The zero-order valence-electron chi connectivity index (χ0n) is 11.9. The molecule has 0 spiro atoms. The van der Waals surface area contributed by atoms with Crippen LogP contribution in [0.2, 0.25) is 18.1 Å². The number of rotatable bonds is 7. The Kier molecular flexibility index (Phi) is 7.36. The molecular formula is C12H25NO2SSi. The van der Waals surface area contributed by atoms with Gasteiger partial charge in [0.15, 0.2) is 8.32 Å². The van der Waals surface area contributed by atoms with Gasteiger partial charge in [0.25, 0.3) is 0 Å². The van der Waals surface area contributed by atoms with Crippen molar-refractivity contribution in [2.24, 2.45) is 4.99 Å². The number of hydrogen-bond acceptors (Lipinski definition) is 4. The fourth-order valence-electron chi connectivity index (χ4n) is 1.05. The van der Waals surface area contributed by atoms with Gasteiger partial charge in [0.1, 0.15) is 6.23 Å². The Morgan fingerprint density at radius 2 is 1.94 bits per heavy atom. The highest BCUT2D eigenvalue weighted by atomic mass is 32.1. The second kappa shape index (κ2) is 7.39. The lowest BCUT2D eigenvalue weighted by molar-refractivity contribution is 0.0972. The molecule has 0 aliphatic rings. The van der Waals surface area contributed by atoms with Crippen LogP contribution < -0.4 is 0 Å². The number of ether oxygens (including phenoxy) is 1. The van der Waals surface area contributed by atoms with Gasteiger partial charge in [0, 0.05) is 13.0 Å². The zero-order chi connectivity index (χ0) is 13.5. The number of hydrogen-bond donors (Lipinski definition) is 0. The van der Waals surface area contributed by atoms with E-state index in [2.05, 4.69) is 56.2 Å². The van der Waals surface area contributed by atoms with E-state index in [1.807, 2.05) is 6.92 Å². The summed E-state index contributed by atoms with van der Waals surface area (Å²) >= 11 is 4.67. The quantitative estimate of drug-likeness (QED) is 0.306. The van der Waals surface area contributed by atoms with Crippen molar-refractivity contribution in [1.29, 1.82) is 0 Å². The van der Waals surface area contributed by atoms with E-state index in [1.54, 1.807) is 0 Å². The van der Waals surface area contributed by atoms with Crippen molar-refractivity contribution in [2.75, 3.05) is 13.2 Å². The van der Waals surface area contributed by atoms with Crippen LogP contribution in [0.3, 0.4) is 0 Å². The molecule has 1 unspecified atom stereocenters. The summed E-state index contributed by atoms with van der Waals surface area (Å²) in [5.74, 6) is 0. The number of nitrogens with zero attached hydrogens (tertiary/aromatic N) is 1. The highest BCUT2D eigenvalue weighted by molar-refractivity contribution is 7.78. The predicted octanol–water partition coefficient (Wildman–Crippen LogP) is 3.86. The van der Waals surface area contributed by atoms with Crippen LogP contribution in [0.25, 0.3) is 0 Å². The van der Waals surface area contributed by atoms with Crippen LogP contribution in [0.5, 0.6) is 0 Å². The molecule has 0 fully saturated rings. The third-order valence-corrected chi connectivity index (χ3v) is 7.73. The second-order valence-electron chi connectivity index (χ2n) is 5.54. The minimum absolute atomic E-state index is 0.174. The standard InChI is InChI=1S/C12H25NO2SSi/c1-7-14-9-8-11(13-10-16)15-17(5,6)12(2,3)4/h11H,7-9H2,1-6H3. The Bertz CT molecular complexity index is 270. The van der Waals surface area contributed by atoms with Crippen LogP contribution in [-0.2, 0) is 9.16 Å². The summed E-state index contributed by atoms with van der Waals surface area (Å²) in [6.07, 6.45) is 0.532. The van der Waals surface area contributed by atoms with Crippen molar-refractivity contribution in [3.63, 3.8) is 0 Å². The molecule has 0 saturated carbocycles. The lowest BCUT2D eigenvalue weighted by atomic mass is 10.2. The van der Waals surface area contributed by atoms with Gasteiger partial charge in [-0.1, -0.05) is 20.8 Å². The third-order valence-electron chi connectivity index (χ3n) is 3.15. The SMILES string of the molecule is CCOCCC(N=C=S)O[Si](C)(C)C(C)(C)C. The monoisotopic (exact) mass is 275 g/mol. The Hall–Kier alpha value is -0.0631. The lowest BCUT2D eigenvalue weighted by Gasteiger charge is -2.37. The van der Waals surface area contributed by atoms with E-state index in [-0.39, 0.29) is 11.3 Å². The van der Waals surface area contributed by atoms with Crippen LogP contribution >= 0.6 is 12.2 Å². The summed E-state index contributed by atoms with van der Waals surface area (Å²) in [6.45, 7) is 14.4. The number of aliphatic imine (C=N–C) groups is 1. The molecule has 0 aliphatic heterocycles. The normalized spacial score (nSPS) is 14.2. The maximum absolute atomic E-state index is 6.15. The Morgan fingerprint density at radius 3 is 2.35 bits per heavy atom. The van der Waals surface area contributed by atoms with E-state index in [0.717, 1.165) is 6.42 Å². The van der Waals surface area contributed by atoms with Gasteiger partial charge < -0.3 is 9.16 Å². The fourth-order valence-corrected chi connectivity index (χ4v) is 2.38. The molecule has 0 aromatic carbocycles. The van der Waals surface area contributed by atoms with Crippen LogP contribution in [0.1, 0.15) is 34.1 Å². The molecule has 1 atom stereocenters. The van der Waals surface area contributed by atoms with E-state index in [0.29, 0.717) is 13.2 Å². The largest absolute Gasteiger partial charge is 0.395 e. The molecule has 0 amide bonds. The van der Waals surface area contributed by atoms with E-state index < -0.39 is 8.32 Å². The smallest absolute Gasteiger partial charge is 0.194 e. The van der Waals surface area contributed by atoms with Crippen LogP contribution in [0.4, 0.5) is 0 Å². The van der Waals surface area contributed by atoms with E-state index in [9.17, 15) is 0 Å². The van der Waals surface area contributed by atoms with Crippen molar-refractivity contribution >= 4 is 25.7 Å². The first-order chi connectivity index (χ1) is 7.74. The summed E-state index contributed by atoms with van der Waals surface area (Å²) in [7, 11) is -1.80. The first-order valence-corrected chi connectivity index (χ1v) is 9.38. The van der Waals surface area contributed by atoms with Gasteiger partial charge in [0.2, 0.25) is 0 Å². The Balaban J connectivity index is 4.48. The first kappa shape index (κ1) is 16.9. The molecule has 0 saturated heterocycles. The molecule has 0 aliphatic carbocycles. The molecule has 0 radical (unpaired) electrons.